The van der Waals surface area contributed by atoms with Crippen LogP contribution in [0.2, 0.25) is 0 Å². The maximum atomic E-state index is 12.3. The molecule has 1 amide bonds. The van der Waals surface area contributed by atoms with Gasteiger partial charge in [0, 0.05) is 29.9 Å². The molecule has 0 unspecified atom stereocenters. The van der Waals surface area contributed by atoms with Crippen molar-refractivity contribution in [2.75, 3.05) is 38.7 Å². The zero-order valence-corrected chi connectivity index (χ0v) is 27.0. The SMILES string of the molecule is CCc1c(CO)cccc1Nc1c(C(N)=O)cnc2cc(OCCCN(CC)CC)c(OC)cc12.O=C(O)C(F)(F)F.O=C(O)C(F)(F)F. The number of fused-ring (bicyclic) bond motifs is 1. The number of carboxylic acids is 2. The number of aromatic nitrogens is 1. The maximum absolute atomic E-state index is 12.3. The number of anilines is 2. The van der Waals surface area contributed by atoms with Crippen LogP contribution in [-0.4, -0.2) is 88.8 Å². The van der Waals surface area contributed by atoms with Crippen LogP contribution in [0.15, 0.2) is 36.5 Å². The Morgan fingerprint density at radius 1 is 0.959 bits per heavy atom. The fourth-order valence-corrected chi connectivity index (χ4v) is 4.26. The molecule has 18 heteroatoms. The smallest absolute Gasteiger partial charge is 0.490 e. The lowest BCUT2D eigenvalue weighted by Crippen LogP contribution is -2.25. The number of aliphatic hydroxyl groups excluding tert-OH is 1. The average Bonchev–Trinajstić information content (AvgIpc) is 3.03. The lowest BCUT2D eigenvalue weighted by atomic mass is 10.0. The molecule has 12 nitrogen and oxygen atoms in total. The van der Waals surface area contributed by atoms with E-state index in [0.717, 1.165) is 42.9 Å². The van der Waals surface area contributed by atoms with E-state index >= 15 is 0 Å². The Labute approximate surface area is 277 Å². The average molecular weight is 709 g/mol. The number of carbonyl (C=O) groups is 3. The normalized spacial score (nSPS) is 11.2. The summed E-state index contributed by atoms with van der Waals surface area (Å²) in [5.41, 5.74) is 9.74. The molecule has 1 heterocycles. The number of aliphatic carboxylic acids is 2. The summed E-state index contributed by atoms with van der Waals surface area (Å²) in [6.45, 7) is 9.79. The van der Waals surface area contributed by atoms with Gasteiger partial charge in [-0.3, -0.25) is 9.78 Å². The number of aliphatic hydroxyl groups is 1. The third-order valence-electron chi connectivity index (χ3n) is 6.73. The molecule has 49 heavy (non-hydrogen) atoms. The number of benzene rings is 2. The highest BCUT2D eigenvalue weighted by Crippen LogP contribution is 2.38. The minimum absolute atomic E-state index is 0.0682. The monoisotopic (exact) mass is 708 g/mol. The number of hydrogen-bond acceptors (Lipinski definition) is 9. The van der Waals surface area contributed by atoms with E-state index in [1.807, 2.05) is 37.3 Å². The number of nitrogens with zero attached hydrogens (tertiary/aromatic N) is 2. The van der Waals surface area contributed by atoms with Crippen LogP contribution in [0.5, 0.6) is 11.5 Å². The number of primary amides is 1. The van der Waals surface area contributed by atoms with Gasteiger partial charge in [0.2, 0.25) is 0 Å². The number of amides is 1. The highest BCUT2D eigenvalue weighted by molar-refractivity contribution is 6.08. The molecule has 0 radical (unpaired) electrons. The summed E-state index contributed by atoms with van der Waals surface area (Å²) < 4.78 is 75.1. The van der Waals surface area contributed by atoms with E-state index in [9.17, 15) is 36.2 Å². The van der Waals surface area contributed by atoms with Crippen LogP contribution in [0, 0.1) is 0 Å². The Hall–Kier alpha value is -4.84. The topological polar surface area (TPSA) is 185 Å². The van der Waals surface area contributed by atoms with Gasteiger partial charge < -0.3 is 40.7 Å². The second-order valence-corrected chi connectivity index (χ2v) is 9.85. The third-order valence-corrected chi connectivity index (χ3v) is 6.73. The van der Waals surface area contributed by atoms with Crippen molar-refractivity contribution < 1.29 is 65.5 Å². The molecular weight excluding hydrogens is 670 g/mol. The Bertz CT molecular complexity index is 1540. The number of nitrogens with one attached hydrogen (secondary N) is 1. The van der Waals surface area contributed by atoms with Crippen molar-refractivity contribution in [2.45, 2.75) is 52.6 Å². The van der Waals surface area contributed by atoms with E-state index in [1.54, 1.807) is 7.11 Å². The lowest BCUT2D eigenvalue weighted by molar-refractivity contribution is -0.193. The van der Waals surface area contributed by atoms with Crippen LogP contribution in [0.1, 0.15) is 48.7 Å². The molecule has 0 aliphatic heterocycles. The number of ether oxygens (including phenoxy) is 2. The second-order valence-electron chi connectivity index (χ2n) is 9.85. The summed E-state index contributed by atoms with van der Waals surface area (Å²) in [5.74, 6) is -4.96. The van der Waals surface area contributed by atoms with Crippen LogP contribution in [0.4, 0.5) is 37.7 Å². The van der Waals surface area contributed by atoms with Gasteiger partial charge in [0.05, 0.1) is 37.1 Å². The first kappa shape index (κ1) is 42.2. The minimum atomic E-state index is -5.08. The number of rotatable bonds is 13. The number of halogens is 6. The van der Waals surface area contributed by atoms with Crippen molar-refractivity contribution in [3.05, 3.63) is 53.2 Å². The largest absolute Gasteiger partial charge is 0.493 e. The summed E-state index contributed by atoms with van der Waals surface area (Å²) in [6, 6.07) is 9.31. The second kappa shape index (κ2) is 19.2. The standard InChI is InChI=1S/C27H36N4O4.2C2HF3O2/c1-5-19-18(17-32)10-8-11-22(19)30-26-20-14-24(34-4)25(35-13-9-12-31(6-2)7-3)15-23(20)29-16-21(26)27(28)33;2*3-2(4,5)1(6)7/h8,10-11,14-16,32H,5-7,9,12-13,17H2,1-4H3,(H2,28,33)(H,29,30);2*(H,6,7). The van der Waals surface area contributed by atoms with Gasteiger partial charge in [-0.1, -0.05) is 32.9 Å². The Morgan fingerprint density at radius 3 is 1.98 bits per heavy atom. The van der Waals surface area contributed by atoms with Crippen LogP contribution in [0.25, 0.3) is 10.9 Å². The number of carbonyl (C=O) groups excluding carboxylic acids is 1. The van der Waals surface area contributed by atoms with Crippen molar-refractivity contribution in [1.82, 2.24) is 9.88 Å². The summed E-state index contributed by atoms with van der Waals surface area (Å²) >= 11 is 0. The molecular formula is C31H38F6N4O8. The Kier molecular flexibility index (Phi) is 16.6. The number of pyridine rings is 1. The van der Waals surface area contributed by atoms with Crippen LogP contribution >= 0.6 is 0 Å². The molecule has 2 aromatic carbocycles. The fourth-order valence-electron chi connectivity index (χ4n) is 4.26. The van der Waals surface area contributed by atoms with Crippen LogP contribution < -0.4 is 20.5 Å². The number of alkyl halides is 6. The quantitative estimate of drug-likeness (QED) is 0.111. The van der Waals surface area contributed by atoms with E-state index in [-0.39, 0.29) is 12.2 Å². The molecule has 0 bridgehead atoms. The van der Waals surface area contributed by atoms with Gasteiger partial charge in [0.1, 0.15) is 0 Å². The molecule has 0 saturated heterocycles. The lowest BCUT2D eigenvalue weighted by Gasteiger charge is -2.19. The zero-order chi connectivity index (χ0) is 37.5. The van der Waals surface area contributed by atoms with Crippen molar-refractivity contribution in [3.63, 3.8) is 0 Å². The van der Waals surface area contributed by atoms with Crippen molar-refractivity contribution >= 4 is 40.1 Å². The molecule has 0 aliphatic carbocycles. The number of methoxy groups -OCH3 is 1. The summed E-state index contributed by atoms with van der Waals surface area (Å²) in [6.07, 6.45) is -7.08. The molecule has 0 spiro atoms. The van der Waals surface area contributed by atoms with Crippen LogP contribution in [0.3, 0.4) is 0 Å². The first-order valence-corrected chi connectivity index (χ1v) is 14.6. The van der Waals surface area contributed by atoms with Gasteiger partial charge in [-0.25, -0.2) is 9.59 Å². The van der Waals surface area contributed by atoms with Gasteiger partial charge in [0.15, 0.2) is 11.5 Å². The third kappa shape index (κ3) is 12.9. The summed E-state index contributed by atoms with van der Waals surface area (Å²) in [5, 5.41) is 28.1. The van der Waals surface area contributed by atoms with E-state index in [1.165, 1.54) is 6.20 Å². The maximum Gasteiger partial charge on any atom is 0.490 e. The molecule has 3 rings (SSSR count). The molecule has 0 saturated carbocycles. The van der Waals surface area contributed by atoms with Gasteiger partial charge in [-0.15, -0.1) is 0 Å². The van der Waals surface area contributed by atoms with Crippen LogP contribution in [-0.2, 0) is 22.6 Å². The molecule has 3 aromatic rings. The Balaban J connectivity index is 0.000000717. The summed E-state index contributed by atoms with van der Waals surface area (Å²) in [7, 11) is 1.59. The van der Waals surface area contributed by atoms with Crippen molar-refractivity contribution in [1.29, 1.82) is 0 Å². The van der Waals surface area contributed by atoms with Gasteiger partial charge in [-0.05, 0) is 49.2 Å². The Morgan fingerprint density at radius 2 is 1.53 bits per heavy atom. The number of carboxylic acid groups (broad SMARTS) is 2. The molecule has 0 atom stereocenters. The fraction of sp³-hybridized carbons (Fsp3) is 0.419. The van der Waals surface area contributed by atoms with Gasteiger partial charge in [-0.2, -0.15) is 26.3 Å². The number of hydrogen-bond donors (Lipinski definition) is 5. The highest BCUT2D eigenvalue weighted by atomic mass is 19.4. The number of nitrogens with two attached hydrogens (primary N) is 1. The molecule has 6 N–H and O–H groups in total. The van der Waals surface area contributed by atoms with Crippen molar-refractivity contribution in [3.8, 4) is 11.5 Å². The van der Waals surface area contributed by atoms with E-state index in [4.69, 9.17) is 35.0 Å². The van der Waals surface area contributed by atoms with E-state index in [0.29, 0.717) is 41.1 Å². The predicted octanol–water partition coefficient (Wildman–Crippen LogP) is 5.52. The molecule has 0 aliphatic rings. The minimum Gasteiger partial charge on any atom is -0.493 e. The summed E-state index contributed by atoms with van der Waals surface area (Å²) in [4.78, 5) is 36.9. The van der Waals surface area contributed by atoms with Gasteiger partial charge >= 0.3 is 24.3 Å². The molecule has 272 valence electrons. The predicted molar refractivity (Wildman–Crippen MR) is 167 cm³/mol. The molecule has 0 fully saturated rings. The van der Waals surface area contributed by atoms with Crippen molar-refractivity contribution in [2.24, 2.45) is 5.73 Å². The first-order valence-electron chi connectivity index (χ1n) is 14.6. The zero-order valence-electron chi connectivity index (χ0n) is 27.0. The highest BCUT2D eigenvalue weighted by Gasteiger charge is 2.38. The van der Waals surface area contributed by atoms with E-state index in [2.05, 4.69) is 29.0 Å². The first-order chi connectivity index (χ1) is 22.9. The molecule has 1 aromatic heterocycles. The van der Waals surface area contributed by atoms with Gasteiger partial charge in [0.25, 0.3) is 5.91 Å². The van der Waals surface area contributed by atoms with E-state index < -0.39 is 30.2 Å².